The fraction of sp³-hybridized carbons (Fsp3) is 0.538. The van der Waals surface area contributed by atoms with E-state index < -0.39 is 0 Å². The van der Waals surface area contributed by atoms with E-state index in [0.717, 1.165) is 35.5 Å². The molecule has 32 heavy (non-hydrogen) atoms. The molecule has 2 fully saturated rings. The third-order valence-corrected chi connectivity index (χ3v) is 7.08. The van der Waals surface area contributed by atoms with Crippen LogP contribution in [0.25, 0.3) is 6.08 Å². The zero-order valence-corrected chi connectivity index (χ0v) is 19.6. The van der Waals surface area contributed by atoms with Gasteiger partial charge >= 0.3 is 0 Å². The van der Waals surface area contributed by atoms with Crippen molar-refractivity contribution in [2.45, 2.75) is 65.5 Å². The summed E-state index contributed by atoms with van der Waals surface area (Å²) >= 11 is 0. The fourth-order valence-corrected chi connectivity index (χ4v) is 5.34. The van der Waals surface area contributed by atoms with Gasteiger partial charge in [0.1, 0.15) is 12.4 Å². The van der Waals surface area contributed by atoms with E-state index in [1.807, 2.05) is 38.1 Å². The smallest absolute Gasteiger partial charge is 0.246 e. The van der Waals surface area contributed by atoms with Gasteiger partial charge in [0.15, 0.2) is 11.5 Å². The van der Waals surface area contributed by atoms with Crippen molar-refractivity contribution in [2.24, 2.45) is 11.8 Å². The van der Waals surface area contributed by atoms with Crippen molar-refractivity contribution in [3.05, 3.63) is 46.9 Å². The van der Waals surface area contributed by atoms with Crippen LogP contribution in [-0.4, -0.2) is 35.7 Å². The average molecular weight is 439 g/mol. The van der Waals surface area contributed by atoms with E-state index >= 15 is 0 Å². The Balaban J connectivity index is 1.44. The summed E-state index contributed by atoms with van der Waals surface area (Å²) in [7, 11) is 1.62. The Hall–Kier alpha value is -2.76. The van der Waals surface area contributed by atoms with Crippen LogP contribution in [0.5, 0.6) is 11.5 Å². The van der Waals surface area contributed by atoms with Crippen molar-refractivity contribution in [3.8, 4) is 11.5 Å². The van der Waals surface area contributed by atoms with Gasteiger partial charge in [0, 0.05) is 18.7 Å². The van der Waals surface area contributed by atoms with Gasteiger partial charge in [-0.1, -0.05) is 24.6 Å². The van der Waals surface area contributed by atoms with Gasteiger partial charge < -0.3 is 18.9 Å². The van der Waals surface area contributed by atoms with Gasteiger partial charge in [0.2, 0.25) is 5.91 Å². The normalized spacial score (nSPS) is 23.2. The molecule has 2 aromatic rings. The van der Waals surface area contributed by atoms with Crippen LogP contribution in [0.4, 0.5) is 0 Å². The van der Waals surface area contributed by atoms with Gasteiger partial charge in [-0.25, -0.2) is 0 Å². The summed E-state index contributed by atoms with van der Waals surface area (Å²) in [6.45, 7) is 7.31. The number of fused-ring (bicyclic) bond motifs is 1. The van der Waals surface area contributed by atoms with E-state index in [1.165, 1.54) is 25.7 Å². The highest BCUT2D eigenvalue weighted by molar-refractivity contribution is 5.92. The molecule has 0 spiro atoms. The Kier molecular flexibility index (Phi) is 6.87. The Bertz CT molecular complexity index is 959. The van der Waals surface area contributed by atoms with Crippen molar-refractivity contribution in [2.75, 3.05) is 13.7 Å². The van der Waals surface area contributed by atoms with Crippen LogP contribution in [-0.2, 0) is 11.4 Å². The van der Waals surface area contributed by atoms with E-state index in [0.29, 0.717) is 36.0 Å². The molecule has 0 radical (unpaired) electrons. The molecule has 1 saturated carbocycles. The number of carbonyl (C=O) groups excluding carboxylic acids is 1. The van der Waals surface area contributed by atoms with E-state index in [1.54, 1.807) is 13.2 Å². The number of carbonyl (C=O) groups is 1. The minimum atomic E-state index is 0.117. The molecule has 2 aliphatic rings. The number of hydrogen-bond acceptors (Lipinski definition) is 5. The molecule has 1 aliphatic heterocycles. The van der Waals surface area contributed by atoms with Crippen LogP contribution in [0.15, 0.2) is 28.8 Å². The number of likely N-dealkylation sites (tertiary alicyclic amines) is 1. The van der Waals surface area contributed by atoms with Crippen molar-refractivity contribution in [1.82, 2.24) is 10.1 Å². The number of aryl methyl sites for hydroxylation is 2. The zero-order chi connectivity index (χ0) is 22.7. The van der Waals surface area contributed by atoms with Gasteiger partial charge in [0.25, 0.3) is 0 Å². The van der Waals surface area contributed by atoms with E-state index in [4.69, 9.17) is 14.0 Å². The summed E-state index contributed by atoms with van der Waals surface area (Å²) in [4.78, 5) is 15.2. The lowest BCUT2D eigenvalue weighted by molar-refractivity contribution is -0.133. The molecule has 2 heterocycles. The maximum Gasteiger partial charge on any atom is 0.246 e. The second-order valence-electron chi connectivity index (χ2n) is 9.17. The van der Waals surface area contributed by atoms with E-state index in [2.05, 4.69) is 17.0 Å². The van der Waals surface area contributed by atoms with Crippen LogP contribution in [0, 0.1) is 25.7 Å². The standard InChI is InChI=1S/C26H34N2O4/c1-17-7-5-8-21-9-6-14-28(26(17)21)25(29)13-11-20-10-12-23(24(15-20)30-4)31-16-22-18(2)27-32-19(22)3/h10-13,15,17,21,26H,5-9,14,16H2,1-4H3/b13-11+/t17-,21-,26-/m0/s1. The molecular formula is C26H34N2O4. The summed E-state index contributed by atoms with van der Waals surface area (Å²) in [5.74, 6) is 3.40. The van der Waals surface area contributed by atoms with E-state index in [9.17, 15) is 4.79 Å². The highest BCUT2D eigenvalue weighted by atomic mass is 16.5. The molecule has 1 aromatic heterocycles. The number of rotatable bonds is 6. The second-order valence-corrected chi connectivity index (χ2v) is 9.17. The molecule has 3 atom stereocenters. The molecule has 6 nitrogen and oxygen atoms in total. The molecular weight excluding hydrogens is 404 g/mol. The van der Waals surface area contributed by atoms with Gasteiger partial charge in [-0.2, -0.15) is 0 Å². The first kappa shape index (κ1) is 22.4. The van der Waals surface area contributed by atoms with Gasteiger partial charge in [-0.15, -0.1) is 0 Å². The third-order valence-electron chi connectivity index (χ3n) is 7.08. The number of aromatic nitrogens is 1. The molecule has 1 aliphatic carbocycles. The number of nitrogens with zero attached hydrogens (tertiary/aromatic N) is 2. The summed E-state index contributed by atoms with van der Waals surface area (Å²) in [5.41, 5.74) is 2.68. The molecule has 1 saturated heterocycles. The first-order valence-electron chi connectivity index (χ1n) is 11.7. The average Bonchev–Trinajstić information content (AvgIpc) is 3.13. The predicted molar refractivity (Wildman–Crippen MR) is 124 cm³/mol. The number of ether oxygens (including phenoxy) is 2. The van der Waals surface area contributed by atoms with Gasteiger partial charge in [0.05, 0.1) is 18.4 Å². The lowest BCUT2D eigenvalue weighted by atomic mass is 9.73. The largest absolute Gasteiger partial charge is 0.493 e. The number of benzene rings is 1. The second kappa shape index (κ2) is 9.80. The van der Waals surface area contributed by atoms with Crippen molar-refractivity contribution >= 4 is 12.0 Å². The predicted octanol–water partition coefficient (Wildman–Crippen LogP) is 5.32. The molecule has 0 unspecified atom stereocenters. The van der Waals surface area contributed by atoms with Crippen LogP contribution in [0.3, 0.4) is 0 Å². The highest BCUT2D eigenvalue weighted by Gasteiger charge is 2.38. The summed E-state index contributed by atoms with van der Waals surface area (Å²) in [5, 5.41) is 3.96. The van der Waals surface area contributed by atoms with Crippen molar-refractivity contribution < 1.29 is 18.8 Å². The van der Waals surface area contributed by atoms with E-state index in [-0.39, 0.29) is 5.91 Å². The number of piperidine rings is 1. The first-order valence-corrected chi connectivity index (χ1v) is 11.7. The molecule has 172 valence electrons. The molecule has 6 heteroatoms. The lowest BCUT2D eigenvalue weighted by Crippen LogP contribution is -2.52. The third kappa shape index (κ3) is 4.69. The molecule has 4 rings (SSSR count). The number of hydrogen-bond donors (Lipinski definition) is 0. The van der Waals surface area contributed by atoms with Crippen LogP contribution in [0.1, 0.15) is 61.6 Å². The first-order chi connectivity index (χ1) is 15.5. The Labute approximate surface area is 190 Å². The Morgan fingerprint density at radius 2 is 2.03 bits per heavy atom. The summed E-state index contributed by atoms with van der Waals surface area (Å²) in [6, 6.07) is 6.11. The minimum absolute atomic E-state index is 0.117. The van der Waals surface area contributed by atoms with Crippen LogP contribution < -0.4 is 9.47 Å². The number of methoxy groups -OCH3 is 1. The van der Waals surface area contributed by atoms with Crippen LogP contribution in [0.2, 0.25) is 0 Å². The highest BCUT2D eigenvalue weighted by Crippen LogP contribution is 2.39. The van der Waals surface area contributed by atoms with Gasteiger partial charge in [-0.3, -0.25) is 4.79 Å². The quantitative estimate of drug-likeness (QED) is 0.571. The molecule has 0 bridgehead atoms. The maximum absolute atomic E-state index is 13.1. The van der Waals surface area contributed by atoms with Crippen molar-refractivity contribution in [3.63, 3.8) is 0 Å². The Morgan fingerprint density at radius 3 is 2.78 bits per heavy atom. The fourth-order valence-electron chi connectivity index (χ4n) is 5.34. The molecule has 1 aromatic carbocycles. The SMILES string of the molecule is COc1cc(/C=C/C(=O)N2CCC[C@@H]3CCC[C@H](C)[C@@H]32)ccc1OCc1c(C)noc1C. The summed E-state index contributed by atoms with van der Waals surface area (Å²) in [6.07, 6.45) is 9.73. The van der Waals surface area contributed by atoms with Gasteiger partial charge in [-0.05, 0) is 75.1 Å². The maximum atomic E-state index is 13.1. The van der Waals surface area contributed by atoms with Crippen LogP contribution >= 0.6 is 0 Å². The zero-order valence-electron chi connectivity index (χ0n) is 19.6. The minimum Gasteiger partial charge on any atom is -0.493 e. The summed E-state index contributed by atoms with van der Waals surface area (Å²) < 4.78 is 16.7. The van der Waals surface area contributed by atoms with Crippen molar-refractivity contribution in [1.29, 1.82) is 0 Å². The topological polar surface area (TPSA) is 64.8 Å². The molecule has 1 amide bonds. The number of amides is 1. The monoisotopic (exact) mass is 438 g/mol. The lowest BCUT2D eigenvalue weighted by Gasteiger charge is -2.47. The Morgan fingerprint density at radius 1 is 1.22 bits per heavy atom. The molecule has 0 N–H and O–H groups in total.